The Morgan fingerprint density at radius 3 is 2.54 bits per heavy atom. The van der Waals surface area contributed by atoms with Crippen molar-refractivity contribution < 1.29 is 14.6 Å². The highest BCUT2D eigenvalue weighted by Gasteiger charge is 2.14. The Balaban J connectivity index is 1.67. The van der Waals surface area contributed by atoms with E-state index in [4.69, 9.17) is 4.74 Å². The van der Waals surface area contributed by atoms with Crippen LogP contribution < -0.4 is 10.1 Å². The molecular weight excluding hydrogens is 304 g/mol. The second-order valence-corrected chi connectivity index (χ2v) is 6.84. The first-order valence-corrected chi connectivity index (χ1v) is 8.98. The van der Waals surface area contributed by atoms with Gasteiger partial charge >= 0.3 is 0 Å². The van der Waals surface area contributed by atoms with Crippen LogP contribution in [0.25, 0.3) is 0 Å². The zero-order valence-electron chi connectivity index (χ0n) is 14.8. The van der Waals surface area contributed by atoms with Gasteiger partial charge in [0.15, 0.2) is 0 Å². The maximum atomic E-state index is 11.8. The Bertz CT molecular complexity index is 496. The fraction of sp³-hybridized carbons (Fsp3) is 0.632. The zero-order valence-corrected chi connectivity index (χ0v) is 14.8. The van der Waals surface area contributed by atoms with Gasteiger partial charge in [0.05, 0.1) is 19.1 Å². The monoisotopic (exact) mass is 334 g/mol. The summed E-state index contributed by atoms with van der Waals surface area (Å²) in [5.41, 5.74) is 0.723. The number of benzene rings is 1. The van der Waals surface area contributed by atoms with Crippen LogP contribution in [-0.2, 0) is 4.79 Å². The molecule has 1 aromatic rings. The number of aliphatic hydroxyl groups excluding tert-OH is 1. The number of carbonyl (C=O) groups is 1. The number of ether oxygens (including phenoxy) is 1. The number of likely N-dealkylation sites (tertiary alicyclic amines) is 1. The lowest BCUT2D eigenvalue weighted by molar-refractivity contribution is -0.118. The number of rotatable bonds is 9. The zero-order chi connectivity index (χ0) is 17.4. The number of nitrogens with one attached hydrogen (secondary N) is 1. The molecule has 1 heterocycles. The summed E-state index contributed by atoms with van der Waals surface area (Å²) in [7, 11) is 0. The quantitative estimate of drug-likeness (QED) is 0.682. The predicted molar refractivity (Wildman–Crippen MR) is 96.3 cm³/mol. The molecule has 134 valence electrons. The molecule has 0 spiro atoms. The molecule has 0 radical (unpaired) electrons. The van der Waals surface area contributed by atoms with Crippen LogP contribution in [0.15, 0.2) is 24.3 Å². The minimum absolute atomic E-state index is 0.0760. The molecule has 0 bridgehead atoms. The van der Waals surface area contributed by atoms with Crippen molar-refractivity contribution in [3.63, 3.8) is 0 Å². The van der Waals surface area contributed by atoms with E-state index < -0.39 is 6.10 Å². The number of amides is 1. The molecule has 1 amide bonds. The van der Waals surface area contributed by atoms with E-state index in [2.05, 4.69) is 10.2 Å². The smallest absolute Gasteiger partial charge is 0.226 e. The van der Waals surface area contributed by atoms with Gasteiger partial charge in [0, 0.05) is 12.2 Å². The molecule has 1 fully saturated rings. The van der Waals surface area contributed by atoms with Gasteiger partial charge in [-0.3, -0.25) is 4.79 Å². The van der Waals surface area contributed by atoms with E-state index in [0.717, 1.165) is 24.4 Å². The molecule has 5 nitrogen and oxygen atoms in total. The number of hydrogen-bond donors (Lipinski definition) is 2. The van der Waals surface area contributed by atoms with Crippen molar-refractivity contribution in [1.29, 1.82) is 0 Å². The summed E-state index contributed by atoms with van der Waals surface area (Å²) in [6, 6.07) is 7.39. The Labute approximate surface area is 145 Å². The topological polar surface area (TPSA) is 61.8 Å². The molecular formula is C19H30N2O3. The highest BCUT2D eigenvalue weighted by molar-refractivity contribution is 5.91. The van der Waals surface area contributed by atoms with Gasteiger partial charge in [0.2, 0.25) is 5.91 Å². The van der Waals surface area contributed by atoms with Crippen LogP contribution in [0.2, 0.25) is 0 Å². The largest absolute Gasteiger partial charge is 0.494 e. The van der Waals surface area contributed by atoms with Crippen molar-refractivity contribution in [1.82, 2.24) is 4.90 Å². The summed E-state index contributed by atoms with van der Waals surface area (Å²) in [5, 5.41) is 12.5. The van der Waals surface area contributed by atoms with Gasteiger partial charge in [0.1, 0.15) is 5.75 Å². The van der Waals surface area contributed by atoms with Crippen LogP contribution in [0.4, 0.5) is 5.69 Å². The first kappa shape index (κ1) is 18.7. The summed E-state index contributed by atoms with van der Waals surface area (Å²) in [4.78, 5) is 14.3. The van der Waals surface area contributed by atoms with Crippen molar-refractivity contribution >= 4 is 11.6 Å². The van der Waals surface area contributed by atoms with Gasteiger partial charge in [0.25, 0.3) is 0 Å². The number of carbonyl (C=O) groups excluding carboxylic acids is 1. The van der Waals surface area contributed by atoms with Crippen LogP contribution in [0.3, 0.4) is 0 Å². The van der Waals surface area contributed by atoms with Gasteiger partial charge < -0.3 is 20.1 Å². The number of hydrogen-bond acceptors (Lipinski definition) is 4. The summed E-state index contributed by atoms with van der Waals surface area (Å²) < 4.78 is 5.74. The second-order valence-electron chi connectivity index (χ2n) is 6.84. The van der Waals surface area contributed by atoms with Crippen molar-refractivity contribution in [3.8, 4) is 5.75 Å². The average Bonchev–Trinajstić information content (AvgIpc) is 3.06. The summed E-state index contributed by atoms with van der Waals surface area (Å²) in [6.07, 6.45) is 3.19. The fourth-order valence-corrected chi connectivity index (χ4v) is 2.76. The highest BCUT2D eigenvalue weighted by atomic mass is 16.5. The molecule has 0 aliphatic carbocycles. The fourth-order valence-electron chi connectivity index (χ4n) is 2.76. The molecule has 2 N–H and O–H groups in total. The summed E-state index contributed by atoms with van der Waals surface area (Å²) in [5.74, 6) is 0.721. The van der Waals surface area contributed by atoms with E-state index >= 15 is 0 Å². The minimum Gasteiger partial charge on any atom is -0.494 e. The molecule has 1 saturated heterocycles. The van der Waals surface area contributed by atoms with Crippen LogP contribution in [0.5, 0.6) is 5.75 Å². The number of anilines is 1. The standard InChI is InChI=1S/C19H30N2O3/c1-15(2)18(22)14-19(23)20-16-6-8-17(9-7-16)24-13-5-12-21-10-3-4-11-21/h6-9,15,18,22H,3-5,10-14H2,1-2H3,(H,20,23). The third kappa shape index (κ3) is 6.49. The van der Waals surface area contributed by atoms with E-state index in [9.17, 15) is 9.90 Å². The van der Waals surface area contributed by atoms with Gasteiger partial charge in [-0.15, -0.1) is 0 Å². The molecule has 1 aliphatic heterocycles. The Morgan fingerprint density at radius 2 is 1.92 bits per heavy atom. The van der Waals surface area contributed by atoms with Crippen molar-refractivity contribution in [2.24, 2.45) is 5.92 Å². The highest BCUT2D eigenvalue weighted by Crippen LogP contribution is 2.17. The number of aliphatic hydroxyl groups is 1. The molecule has 1 atom stereocenters. The van der Waals surface area contributed by atoms with Gasteiger partial charge in [-0.1, -0.05) is 13.8 Å². The van der Waals surface area contributed by atoms with Gasteiger partial charge in [-0.2, -0.15) is 0 Å². The molecule has 2 rings (SSSR count). The molecule has 0 saturated carbocycles. The third-order valence-electron chi connectivity index (χ3n) is 4.39. The van der Waals surface area contributed by atoms with Crippen LogP contribution in [0.1, 0.15) is 39.5 Å². The maximum Gasteiger partial charge on any atom is 0.226 e. The SMILES string of the molecule is CC(C)C(O)CC(=O)Nc1ccc(OCCCN2CCCC2)cc1. The lowest BCUT2D eigenvalue weighted by atomic mass is 10.0. The van der Waals surface area contributed by atoms with Crippen molar-refractivity contribution in [2.75, 3.05) is 31.6 Å². The van der Waals surface area contributed by atoms with E-state index in [1.54, 1.807) is 0 Å². The molecule has 1 aromatic carbocycles. The van der Waals surface area contributed by atoms with Crippen LogP contribution >= 0.6 is 0 Å². The van der Waals surface area contributed by atoms with Crippen molar-refractivity contribution in [2.45, 2.75) is 45.6 Å². The Hall–Kier alpha value is -1.59. The third-order valence-corrected chi connectivity index (χ3v) is 4.39. The van der Waals surface area contributed by atoms with Crippen LogP contribution in [-0.4, -0.2) is 48.3 Å². The number of nitrogens with zero attached hydrogens (tertiary/aromatic N) is 1. The van der Waals surface area contributed by atoms with Gasteiger partial charge in [-0.25, -0.2) is 0 Å². The van der Waals surface area contributed by atoms with Crippen molar-refractivity contribution in [3.05, 3.63) is 24.3 Å². The van der Waals surface area contributed by atoms with Gasteiger partial charge in [-0.05, 0) is 62.5 Å². The lowest BCUT2D eigenvalue weighted by Crippen LogP contribution is -2.23. The predicted octanol–water partition coefficient (Wildman–Crippen LogP) is 2.90. The summed E-state index contributed by atoms with van der Waals surface area (Å²) >= 11 is 0. The first-order valence-electron chi connectivity index (χ1n) is 8.98. The summed E-state index contributed by atoms with van der Waals surface area (Å²) in [6.45, 7) is 8.05. The first-order chi connectivity index (χ1) is 11.5. The molecule has 1 unspecified atom stereocenters. The molecule has 5 heteroatoms. The van der Waals surface area contributed by atoms with E-state index in [0.29, 0.717) is 6.61 Å². The molecule has 24 heavy (non-hydrogen) atoms. The second kappa shape index (κ2) is 9.64. The average molecular weight is 334 g/mol. The lowest BCUT2D eigenvalue weighted by Gasteiger charge is -2.15. The molecule has 0 aromatic heterocycles. The minimum atomic E-state index is -0.608. The van der Waals surface area contributed by atoms with E-state index in [1.165, 1.54) is 25.9 Å². The normalized spacial score (nSPS) is 16.3. The Kier molecular flexibility index (Phi) is 7.53. The maximum absolute atomic E-state index is 11.8. The molecule has 1 aliphatic rings. The van der Waals surface area contributed by atoms with Crippen LogP contribution in [0, 0.1) is 5.92 Å². The Morgan fingerprint density at radius 1 is 1.25 bits per heavy atom. The van der Waals surface area contributed by atoms with E-state index in [-0.39, 0.29) is 18.2 Å². The van der Waals surface area contributed by atoms with E-state index in [1.807, 2.05) is 38.1 Å².